The maximum absolute atomic E-state index is 10.7. The van der Waals surface area contributed by atoms with E-state index >= 15 is 0 Å². The molecule has 0 saturated heterocycles. The van der Waals surface area contributed by atoms with Crippen LogP contribution in [0.3, 0.4) is 0 Å². The van der Waals surface area contributed by atoms with Crippen LogP contribution in [0.15, 0.2) is 35.7 Å². The first-order valence-corrected chi connectivity index (χ1v) is 8.68. The van der Waals surface area contributed by atoms with Crippen molar-refractivity contribution in [2.24, 2.45) is 12.0 Å². The molecule has 8 nitrogen and oxygen atoms in total. The smallest absolute Gasteiger partial charge is 0.191 e. The van der Waals surface area contributed by atoms with E-state index in [2.05, 4.69) is 25.7 Å². The van der Waals surface area contributed by atoms with E-state index in [9.17, 15) is 5.11 Å². The first kappa shape index (κ1) is 23.2. The number of aryl methyl sites for hydroxylation is 1. The normalized spacial score (nSPS) is 13.5. The number of nitrogens with one attached hydrogen (secondary N) is 2. The number of halogens is 1. The Kier molecular flexibility index (Phi) is 8.97. The summed E-state index contributed by atoms with van der Waals surface area (Å²) in [7, 11) is 5.75. The predicted octanol–water partition coefficient (Wildman–Crippen LogP) is 1.46. The monoisotopic (exact) mass is 487 g/mol. The van der Waals surface area contributed by atoms with Gasteiger partial charge < -0.3 is 20.6 Å². The van der Waals surface area contributed by atoms with Crippen molar-refractivity contribution in [2.45, 2.75) is 26.0 Å². The van der Waals surface area contributed by atoms with Gasteiger partial charge in [-0.3, -0.25) is 4.68 Å². The van der Waals surface area contributed by atoms with Crippen LogP contribution in [0.5, 0.6) is 0 Å². The number of nitrogens with zero attached hydrogens (tertiary/aromatic N) is 5. The number of pyridine rings is 1. The summed E-state index contributed by atoms with van der Waals surface area (Å²) in [6, 6.07) is 3.92. The third-order valence-corrected chi connectivity index (χ3v) is 3.97. The Balaban J connectivity index is 0.00000364. The average molecular weight is 487 g/mol. The lowest BCUT2D eigenvalue weighted by Crippen LogP contribution is -2.44. The summed E-state index contributed by atoms with van der Waals surface area (Å²) >= 11 is 0. The molecule has 0 aliphatic heterocycles. The number of aliphatic imine (C=N–C) groups is 1. The van der Waals surface area contributed by atoms with Crippen molar-refractivity contribution >= 4 is 35.8 Å². The van der Waals surface area contributed by atoms with Crippen molar-refractivity contribution in [1.82, 2.24) is 25.4 Å². The second kappa shape index (κ2) is 10.5. The molecule has 2 aromatic heterocycles. The van der Waals surface area contributed by atoms with E-state index in [0.717, 1.165) is 23.5 Å². The van der Waals surface area contributed by atoms with Crippen molar-refractivity contribution in [1.29, 1.82) is 0 Å². The highest BCUT2D eigenvalue weighted by atomic mass is 127. The summed E-state index contributed by atoms with van der Waals surface area (Å²) in [6.07, 6.45) is 5.26. The number of hydrogen-bond acceptors (Lipinski definition) is 5. The van der Waals surface area contributed by atoms with Gasteiger partial charge in [-0.2, -0.15) is 5.10 Å². The number of rotatable bonds is 7. The zero-order chi connectivity index (χ0) is 19.2. The summed E-state index contributed by atoms with van der Waals surface area (Å²) in [5.41, 5.74) is 0.743. The van der Waals surface area contributed by atoms with Crippen LogP contribution >= 0.6 is 24.0 Å². The van der Waals surface area contributed by atoms with Crippen molar-refractivity contribution < 1.29 is 5.11 Å². The fourth-order valence-electron chi connectivity index (χ4n) is 2.52. The van der Waals surface area contributed by atoms with Crippen LogP contribution in [0.2, 0.25) is 0 Å². The fourth-order valence-corrected chi connectivity index (χ4v) is 2.52. The minimum absolute atomic E-state index is 0. The van der Waals surface area contributed by atoms with Gasteiger partial charge >= 0.3 is 0 Å². The van der Waals surface area contributed by atoms with Gasteiger partial charge in [-0.15, -0.1) is 24.0 Å². The van der Waals surface area contributed by atoms with Crippen LogP contribution in [0, 0.1) is 0 Å². The third-order valence-electron chi connectivity index (χ3n) is 3.97. The Bertz CT molecular complexity index is 743. The molecule has 0 saturated carbocycles. The zero-order valence-electron chi connectivity index (χ0n) is 16.6. The van der Waals surface area contributed by atoms with Gasteiger partial charge in [-0.25, -0.2) is 9.98 Å². The van der Waals surface area contributed by atoms with E-state index in [1.54, 1.807) is 24.0 Å². The summed E-state index contributed by atoms with van der Waals surface area (Å²) in [4.78, 5) is 11.0. The molecule has 0 amide bonds. The Morgan fingerprint density at radius 3 is 2.70 bits per heavy atom. The van der Waals surface area contributed by atoms with Crippen LogP contribution < -0.4 is 15.5 Å². The van der Waals surface area contributed by atoms with Crippen molar-refractivity contribution in [2.75, 3.05) is 32.1 Å². The molecule has 0 radical (unpaired) electrons. The number of aliphatic hydroxyl groups is 1. The molecule has 0 aliphatic carbocycles. The van der Waals surface area contributed by atoms with E-state index in [4.69, 9.17) is 0 Å². The minimum atomic E-state index is -1.05. The maximum atomic E-state index is 10.7. The molecule has 2 rings (SSSR count). The Hall–Kier alpha value is -1.88. The molecular weight excluding hydrogens is 457 g/mol. The van der Waals surface area contributed by atoms with Gasteiger partial charge in [0, 0.05) is 51.2 Å². The summed E-state index contributed by atoms with van der Waals surface area (Å²) < 4.78 is 1.67. The number of guanidine groups is 1. The molecule has 0 bridgehead atoms. The van der Waals surface area contributed by atoms with E-state index in [0.29, 0.717) is 19.0 Å². The van der Waals surface area contributed by atoms with E-state index in [1.165, 1.54) is 0 Å². The van der Waals surface area contributed by atoms with Crippen molar-refractivity contribution in [3.8, 4) is 0 Å². The minimum Gasteiger partial charge on any atom is -0.383 e. The summed E-state index contributed by atoms with van der Waals surface area (Å²) in [5.74, 6) is 1.54. The van der Waals surface area contributed by atoms with Gasteiger partial charge in [0.1, 0.15) is 11.4 Å². The number of aromatic nitrogens is 3. The standard InChI is InChI=1S/C18H29N7O.HI/c1-6-19-17(21-10-14-8-7-9-20-16(14)24(3)4)22-13-18(2,26)15-11-23-25(5)12-15;/h7-9,11-12,26H,6,10,13H2,1-5H3,(H2,19,21,22);1H. The van der Waals surface area contributed by atoms with E-state index in [1.807, 2.05) is 51.3 Å². The fraction of sp³-hybridized carbons (Fsp3) is 0.500. The first-order chi connectivity index (χ1) is 12.3. The molecule has 150 valence electrons. The lowest BCUT2D eigenvalue weighted by molar-refractivity contribution is 0.0616. The molecule has 1 unspecified atom stereocenters. The topological polar surface area (TPSA) is 90.6 Å². The highest BCUT2D eigenvalue weighted by Gasteiger charge is 2.25. The SMILES string of the molecule is CCNC(=NCc1cccnc1N(C)C)NCC(C)(O)c1cnn(C)c1.I. The molecule has 2 aromatic rings. The van der Waals surface area contributed by atoms with Crippen molar-refractivity contribution in [3.63, 3.8) is 0 Å². The summed E-state index contributed by atoms with van der Waals surface area (Å²) in [5, 5.41) is 21.2. The van der Waals surface area contributed by atoms with Crippen LogP contribution in [0.25, 0.3) is 0 Å². The largest absolute Gasteiger partial charge is 0.383 e. The molecule has 9 heteroatoms. The van der Waals surface area contributed by atoms with Gasteiger partial charge in [0.2, 0.25) is 0 Å². The third kappa shape index (κ3) is 6.65. The highest BCUT2D eigenvalue weighted by molar-refractivity contribution is 14.0. The molecule has 2 heterocycles. The second-order valence-corrected chi connectivity index (χ2v) is 6.61. The van der Waals surface area contributed by atoms with Crippen LogP contribution in [-0.2, 0) is 19.2 Å². The lowest BCUT2D eigenvalue weighted by atomic mass is 10.00. The quantitative estimate of drug-likeness (QED) is 0.311. The van der Waals surface area contributed by atoms with Crippen molar-refractivity contribution in [3.05, 3.63) is 41.9 Å². The van der Waals surface area contributed by atoms with Gasteiger partial charge in [0.25, 0.3) is 0 Å². The lowest BCUT2D eigenvalue weighted by Gasteiger charge is -2.24. The van der Waals surface area contributed by atoms with E-state index < -0.39 is 5.60 Å². The molecule has 0 spiro atoms. The molecule has 27 heavy (non-hydrogen) atoms. The van der Waals surface area contributed by atoms with Gasteiger partial charge in [0.15, 0.2) is 5.96 Å². The first-order valence-electron chi connectivity index (χ1n) is 8.68. The Morgan fingerprint density at radius 1 is 1.37 bits per heavy atom. The number of hydrogen-bond donors (Lipinski definition) is 3. The number of anilines is 1. The molecule has 3 N–H and O–H groups in total. The van der Waals surface area contributed by atoms with Gasteiger partial charge in [-0.1, -0.05) is 6.07 Å². The maximum Gasteiger partial charge on any atom is 0.191 e. The second-order valence-electron chi connectivity index (χ2n) is 6.61. The van der Waals surface area contributed by atoms with Gasteiger partial charge in [-0.05, 0) is 19.9 Å². The van der Waals surface area contributed by atoms with Crippen LogP contribution in [0.4, 0.5) is 5.82 Å². The van der Waals surface area contributed by atoms with E-state index in [-0.39, 0.29) is 24.0 Å². The zero-order valence-corrected chi connectivity index (χ0v) is 18.9. The molecular formula is C18H30IN7O. The summed E-state index contributed by atoms with van der Waals surface area (Å²) in [6.45, 7) is 5.30. The highest BCUT2D eigenvalue weighted by Crippen LogP contribution is 2.18. The molecule has 1 atom stereocenters. The van der Waals surface area contributed by atoms with Crippen LogP contribution in [0.1, 0.15) is 25.0 Å². The molecule has 0 fully saturated rings. The molecule has 0 aliphatic rings. The van der Waals surface area contributed by atoms with Crippen LogP contribution in [-0.4, -0.2) is 53.0 Å². The molecule has 0 aromatic carbocycles. The van der Waals surface area contributed by atoms with Gasteiger partial charge in [0.05, 0.1) is 19.3 Å². The average Bonchev–Trinajstić information content (AvgIpc) is 3.05. The Morgan fingerprint density at radius 2 is 2.11 bits per heavy atom. The predicted molar refractivity (Wildman–Crippen MR) is 120 cm³/mol. The Labute approximate surface area is 178 Å².